The lowest BCUT2D eigenvalue weighted by Crippen LogP contribution is -2.27. The second-order valence-corrected chi connectivity index (χ2v) is 12.1. The van der Waals surface area contributed by atoms with Crippen molar-refractivity contribution in [2.24, 2.45) is 11.8 Å². The number of para-hydroxylation sites is 1. The molecule has 1 saturated carbocycles. The average molecular weight is 480 g/mol. The van der Waals surface area contributed by atoms with Crippen LogP contribution in [0, 0.1) is 11.8 Å². The van der Waals surface area contributed by atoms with Crippen molar-refractivity contribution in [3.8, 4) is 0 Å². The summed E-state index contributed by atoms with van der Waals surface area (Å²) in [7, 11) is -7.39. The smallest absolute Gasteiger partial charge is 0.261 e. The number of anilines is 2. The molecule has 1 unspecified atom stereocenters. The van der Waals surface area contributed by atoms with E-state index in [4.69, 9.17) is 0 Å². The normalized spacial score (nSPS) is 16.4. The van der Waals surface area contributed by atoms with Crippen molar-refractivity contribution >= 4 is 31.4 Å². The Bertz CT molecular complexity index is 1110. The van der Waals surface area contributed by atoms with Gasteiger partial charge in [0, 0.05) is 12.2 Å². The summed E-state index contributed by atoms with van der Waals surface area (Å²) in [6.45, 7) is 3.74. The minimum Gasteiger partial charge on any atom is -0.312 e. The van der Waals surface area contributed by atoms with Gasteiger partial charge in [0.15, 0.2) is 0 Å². The molecule has 0 heterocycles. The molecule has 0 spiro atoms. The standard InChI is InChI=1S/C23H33N3O4S2/c1-18(19-9-4-3-5-10-19)16-24-17-20-11-6-7-14-23(20)26-32(29,30)22-13-8-12-21(15-22)25-31(2,27)28/h6-8,11-15,18-19,24-26H,3-5,9-10,16-17H2,1-2H3. The quantitative estimate of drug-likeness (QED) is 0.475. The van der Waals surface area contributed by atoms with Crippen LogP contribution in [0.15, 0.2) is 53.4 Å². The van der Waals surface area contributed by atoms with Crippen LogP contribution in [-0.4, -0.2) is 29.6 Å². The van der Waals surface area contributed by atoms with Gasteiger partial charge in [0.2, 0.25) is 10.0 Å². The minimum absolute atomic E-state index is 0.0140. The molecular weight excluding hydrogens is 446 g/mol. The van der Waals surface area contributed by atoms with Crippen molar-refractivity contribution in [3.05, 3.63) is 54.1 Å². The molecule has 0 saturated heterocycles. The Morgan fingerprint density at radius 2 is 1.66 bits per heavy atom. The molecule has 176 valence electrons. The molecular formula is C23H33N3O4S2. The van der Waals surface area contributed by atoms with Gasteiger partial charge in [0.1, 0.15) is 0 Å². The maximum Gasteiger partial charge on any atom is 0.261 e. The Hall–Kier alpha value is -2.10. The van der Waals surface area contributed by atoms with Crippen LogP contribution in [0.4, 0.5) is 11.4 Å². The van der Waals surface area contributed by atoms with E-state index < -0.39 is 20.0 Å². The zero-order valence-electron chi connectivity index (χ0n) is 18.7. The summed E-state index contributed by atoms with van der Waals surface area (Å²) in [5.74, 6) is 1.35. The third-order valence-corrected chi connectivity index (χ3v) is 7.92. The van der Waals surface area contributed by atoms with Crippen LogP contribution in [0.1, 0.15) is 44.6 Å². The molecule has 9 heteroatoms. The largest absolute Gasteiger partial charge is 0.312 e. The Morgan fingerprint density at radius 1 is 0.938 bits per heavy atom. The van der Waals surface area contributed by atoms with Gasteiger partial charge in [-0.05, 0) is 48.2 Å². The fraction of sp³-hybridized carbons (Fsp3) is 0.478. The zero-order chi connectivity index (χ0) is 23.2. The Morgan fingerprint density at radius 3 is 2.38 bits per heavy atom. The Labute approximate surface area is 192 Å². The number of benzene rings is 2. The summed E-state index contributed by atoms with van der Waals surface area (Å²) in [4.78, 5) is -0.0140. The summed E-state index contributed by atoms with van der Waals surface area (Å²) < 4.78 is 53.8. The molecule has 0 radical (unpaired) electrons. The highest BCUT2D eigenvalue weighted by atomic mass is 32.2. The second-order valence-electron chi connectivity index (χ2n) is 8.67. The van der Waals surface area contributed by atoms with Crippen LogP contribution in [-0.2, 0) is 26.6 Å². The fourth-order valence-corrected chi connectivity index (χ4v) is 5.92. The molecule has 0 aliphatic heterocycles. The third kappa shape index (κ3) is 7.21. The summed E-state index contributed by atoms with van der Waals surface area (Å²) in [6.07, 6.45) is 7.60. The van der Waals surface area contributed by atoms with Gasteiger partial charge in [-0.15, -0.1) is 0 Å². The van der Waals surface area contributed by atoms with Crippen molar-refractivity contribution in [1.29, 1.82) is 0 Å². The highest BCUT2D eigenvalue weighted by Crippen LogP contribution is 2.29. The van der Waals surface area contributed by atoms with Crippen LogP contribution < -0.4 is 14.8 Å². The van der Waals surface area contributed by atoms with Gasteiger partial charge in [-0.25, -0.2) is 16.8 Å². The number of rotatable bonds is 10. The van der Waals surface area contributed by atoms with E-state index in [1.807, 2.05) is 12.1 Å². The zero-order valence-corrected chi connectivity index (χ0v) is 20.3. The molecule has 1 aliphatic rings. The van der Waals surface area contributed by atoms with E-state index in [1.54, 1.807) is 12.1 Å². The summed E-state index contributed by atoms with van der Waals surface area (Å²) >= 11 is 0. The molecule has 1 atom stereocenters. The number of nitrogens with one attached hydrogen (secondary N) is 3. The summed E-state index contributed by atoms with van der Waals surface area (Å²) in [5, 5.41) is 3.49. The maximum absolute atomic E-state index is 13.0. The van der Waals surface area contributed by atoms with Gasteiger partial charge in [0.05, 0.1) is 16.8 Å². The van der Waals surface area contributed by atoms with E-state index in [1.165, 1.54) is 56.4 Å². The predicted molar refractivity (Wildman–Crippen MR) is 130 cm³/mol. The maximum atomic E-state index is 13.0. The van der Waals surface area contributed by atoms with E-state index >= 15 is 0 Å². The summed E-state index contributed by atoms with van der Waals surface area (Å²) in [6, 6.07) is 13.0. The first-order valence-electron chi connectivity index (χ1n) is 11.0. The highest BCUT2D eigenvalue weighted by molar-refractivity contribution is 7.93. The lowest BCUT2D eigenvalue weighted by molar-refractivity contribution is 0.256. The van der Waals surface area contributed by atoms with Gasteiger partial charge in [0.25, 0.3) is 10.0 Å². The van der Waals surface area contributed by atoms with Crippen molar-refractivity contribution < 1.29 is 16.8 Å². The van der Waals surface area contributed by atoms with E-state index in [0.29, 0.717) is 18.2 Å². The van der Waals surface area contributed by atoms with E-state index in [2.05, 4.69) is 21.7 Å². The van der Waals surface area contributed by atoms with Gasteiger partial charge in [-0.1, -0.05) is 63.3 Å². The summed E-state index contributed by atoms with van der Waals surface area (Å²) in [5.41, 5.74) is 1.56. The monoisotopic (exact) mass is 479 g/mol. The van der Waals surface area contributed by atoms with Crippen molar-refractivity contribution in [2.45, 2.75) is 50.5 Å². The molecule has 0 bridgehead atoms. The molecule has 0 aromatic heterocycles. The lowest BCUT2D eigenvalue weighted by Gasteiger charge is -2.28. The lowest BCUT2D eigenvalue weighted by atomic mass is 9.81. The van der Waals surface area contributed by atoms with Crippen LogP contribution in [0.5, 0.6) is 0 Å². The van der Waals surface area contributed by atoms with Crippen LogP contribution in [0.3, 0.4) is 0 Å². The molecule has 2 aromatic carbocycles. The van der Waals surface area contributed by atoms with E-state index in [0.717, 1.165) is 24.3 Å². The van der Waals surface area contributed by atoms with Crippen molar-refractivity contribution in [1.82, 2.24) is 5.32 Å². The number of sulfonamides is 2. The Kier molecular flexibility index (Phi) is 8.19. The topological polar surface area (TPSA) is 104 Å². The van der Waals surface area contributed by atoms with Gasteiger partial charge in [-0.3, -0.25) is 9.44 Å². The SMILES string of the molecule is CC(CNCc1ccccc1NS(=O)(=O)c1cccc(NS(C)(=O)=O)c1)C1CCCCC1. The van der Waals surface area contributed by atoms with Crippen LogP contribution in [0.25, 0.3) is 0 Å². The molecule has 1 fully saturated rings. The molecule has 3 N–H and O–H groups in total. The fourth-order valence-electron chi connectivity index (χ4n) is 4.22. The van der Waals surface area contributed by atoms with Crippen molar-refractivity contribution in [2.75, 3.05) is 22.2 Å². The molecule has 7 nitrogen and oxygen atoms in total. The third-order valence-electron chi connectivity index (χ3n) is 5.95. The molecule has 1 aliphatic carbocycles. The number of hydrogen-bond acceptors (Lipinski definition) is 5. The van der Waals surface area contributed by atoms with E-state index in [-0.39, 0.29) is 10.6 Å². The van der Waals surface area contributed by atoms with E-state index in [9.17, 15) is 16.8 Å². The second kappa shape index (κ2) is 10.7. The molecule has 32 heavy (non-hydrogen) atoms. The molecule has 2 aromatic rings. The first kappa shape index (κ1) is 24.5. The van der Waals surface area contributed by atoms with Gasteiger partial charge >= 0.3 is 0 Å². The highest BCUT2D eigenvalue weighted by Gasteiger charge is 2.20. The van der Waals surface area contributed by atoms with Crippen LogP contribution in [0.2, 0.25) is 0 Å². The first-order valence-corrected chi connectivity index (χ1v) is 14.4. The first-order chi connectivity index (χ1) is 15.1. The van der Waals surface area contributed by atoms with Gasteiger partial charge < -0.3 is 5.32 Å². The van der Waals surface area contributed by atoms with Crippen LogP contribution >= 0.6 is 0 Å². The van der Waals surface area contributed by atoms with Gasteiger partial charge in [-0.2, -0.15) is 0 Å². The Balaban J connectivity index is 1.66. The predicted octanol–water partition coefficient (Wildman–Crippen LogP) is 4.16. The average Bonchev–Trinajstić information content (AvgIpc) is 2.74. The minimum atomic E-state index is -3.89. The molecule has 3 rings (SSSR count). The van der Waals surface area contributed by atoms with Crippen molar-refractivity contribution in [3.63, 3.8) is 0 Å². The number of hydrogen-bond donors (Lipinski definition) is 3. The molecule has 0 amide bonds.